The minimum absolute atomic E-state index is 0.435. The predicted octanol–water partition coefficient (Wildman–Crippen LogP) is 4.01. The van der Waals surface area contributed by atoms with Crippen LogP contribution in [-0.4, -0.2) is 36.2 Å². The molecule has 1 aromatic heterocycles. The molecule has 0 unspecified atom stereocenters. The molecule has 1 aliphatic rings. The molecule has 0 saturated carbocycles. The van der Waals surface area contributed by atoms with Gasteiger partial charge in [-0.3, -0.25) is 9.88 Å². The van der Waals surface area contributed by atoms with E-state index in [9.17, 15) is 0 Å². The van der Waals surface area contributed by atoms with Gasteiger partial charge in [0.15, 0.2) is 0 Å². The topological polar surface area (TPSA) is 25.4 Å². The van der Waals surface area contributed by atoms with Crippen LogP contribution in [0.25, 0.3) is 11.3 Å². The van der Waals surface area contributed by atoms with Crippen LogP contribution in [-0.2, 0) is 11.2 Å². The SMILES string of the molecule is CCc1nc(-c2ccc([C@@H](C)N3CCOCC3)cc2)ccc1C. The van der Waals surface area contributed by atoms with E-state index in [1.165, 1.54) is 22.4 Å². The van der Waals surface area contributed by atoms with Crippen molar-refractivity contribution in [1.82, 2.24) is 9.88 Å². The molecule has 3 nitrogen and oxygen atoms in total. The van der Waals surface area contributed by atoms with Gasteiger partial charge in [-0.05, 0) is 37.5 Å². The van der Waals surface area contributed by atoms with Crippen molar-refractivity contribution < 1.29 is 4.74 Å². The first-order valence-corrected chi connectivity index (χ1v) is 8.57. The van der Waals surface area contributed by atoms with Crippen molar-refractivity contribution in [2.24, 2.45) is 0 Å². The maximum atomic E-state index is 5.44. The first-order chi connectivity index (χ1) is 11.2. The summed E-state index contributed by atoms with van der Waals surface area (Å²) in [5, 5.41) is 0. The van der Waals surface area contributed by atoms with Crippen molar-refractivity contribution in [3.8, 4) is 11.3 Å². The van der Waals surface area contributed by atoms with E-state index in [1.54, 1.807) is 0 Å². The Kier molecular flexibility index (Phi) is 5.09. The van der Waals surface area contributed by atoms with Gasteiger partial charge >= 0.3 is 0 Å². The summed E-state index contributed by atoms with van der Waals surface area (Å²) in [7, 11) is 0. The molecule has 0 aliphatic carbocycles. The molecule has 23 heavy (non-hydrogen) atoms. The summed E-state index contributed by atoms with van der Waals surface area (Å²) in [5.74, 6) is 0. The second-order valence-electron chi connectivity index (χ2n) is 6.26. The first-order valence-electron chi connectivity index (χ1n) is 8.57. The van der Waals surface area contributed by atoms with Crippen molar-refractivity contribution in [1.29, 1.82) is 0 Å². The van der Waals surface area contributed by atoms with Crippen LogP contribution in [0.15, 0.2) is 36.4 Å². The van der Waals surface area contributed by atoms with Crippen LogP contribution in [0.4, 0.5) is 0 Å². The number of ether oxygens (including phenoxy) is 1. The van der Waals surface area contributed by atoms with Gasteiger partial charge in [-0.15, -0.1) is 0 Å². The molecule has 0 amide bonds. The van der Waals surface area contributed by atoms with Crippen LogP contribution in [0.2, 0.25) is 0 Å². The van der Waals surface area contributed by atoms with Crippen molar-refractivity contribution >= 4 is 0 Å². The standard InChI is InChI=1S/C20H26N2O/c1-4-19-15(2)5-10-20(21-19)18-8-6-17(7-9-18)16(3)22-11-13-23-14-12-22/h5-10,16H,4,11-14H2,1-3H3/t16-/m1/s1. The average Bonchev–Trinajstić information content (AvgIpc) is 2.62. The highest BCUT2D eigenvalue weighted by Gasteiger charge is 2.18. The number of aromatic nitrogens is 1. The van der Waals surface area contributed by atoms with Crippen molar-refractivity contribution in [3.05, 3.63) is 53.2 Å². The lowest BCUT2D eigenvalue weighted by Gasteiger charge is -2.32. The zero-order valence-electron chi connectivity index (χ0n) is 14.4. The number of benzene rings is 1. The van der Waals surface area contributed by atoms with E-state index >= 15 is 0 Å². The summed E-state index contributed by atoms with van der Waals surface area (Å²) in [6.45, 7) is 10.3. The highest BCUT2D eigenvalue weighted by atomic mass is 16.5. The molecule has 0 bridgehead atoms. The minimum Gasteiger partial charge on any atom is -0.379 e. The summed E-state index contributed by atoms with van der Waals surface area (Å²) in [4.78, 5) is 7.28. The van der Waals surface area contributed by atoms with E-state index in [1.807, 2.05) is 0 Å². The number of rotatable bonds is 4. The second kappa shape index (κ2) is 7.24. The molecule has 1 atom stereocenters. The van der Waals surface area contributed by atoms with E-state index in [4.69, 9.17) is 9.72 Å². The lowest BCUT2D eigenvalue weighted by Crippen LogP contribution is -2.37. The van der Waals surface area contributed by atoms with Crippen LogP contribution in [0.5, 0.6) is 0 Å². The van der Waals surface area contributed by atoms with Gasteiger partial charge in [-0.25, -0.2) is 0 Å². The van der Waals surface area contributed by atoms with E-state index < -0.39 is 0 Å². The van der Waals surface area contributed by atoms with Gasteiger partial charge in [-0.1, -0.05) is 37.3 Å². The van der Waals surface area contributed by atoms with Crippen LogP contribution in [0.1, 0.15) is 36.7 Å². The molecule has 1 saturated heterocycles. The number of hydrogen-bond donors (Lipinski definition) is 0. The molecule has 2 heterocycles. The number of hydrogen-bond acceptors (Lipinski definition) is 3. The predicted molar refractivity (Wildman–Crippen MR) is 94.6 cm³/mol. The number of nitrogens with zero attached hydrogens (tertiary/aromatic N) is 2. The molecule has 3 rings (SSSR count). The summed E-state index contributed by atoms with van der Waals surface area (Å²) in [6.07, 6.45) is 0.978. The maximum Gasteiger partial charge on any atom is 0.0705 e. The third kappa shape index (κ3) is 3.62. The number of aryl methyl sites for hydroxylation is 2. The zero-order valence-corrected chi connectivity index (χ0v) is 14.4. The van der Waals surface area contributed by atoms with Gasteiger partial charge in [-0.2, -0.15) is 0 Å². The van der Waals surface area contributed by atoms with E-state index in [2.05, 4.69) is 62.1 Å². The normalized spacial score (nSPS) is 17.2. The number of morpholine rings is 1. The molecule has 1 aromatic carbocycles. The number of pyridine rings is 1. The van der Waals surface area contributed by atoms with Crippen LogP contribution < -0.4 is 0 Å². The molecule has 2 aromatic rings. The van der Waals surface area contributed by atoms with Gasteiger partial charge < -0.3 is 4.74 Å². The van der Waals surface area contributed by atoms with E-state index in [0.717, 1.165) is 38.4 Å². The van der Waals surface area contributed by atoms with Gasteiger partial charge in [0.05, 0.1) is 18.9 Å². The molecule has 1 aliphatic heterocycles. The summed E-state index contributed by atoms with van der Waals surface area (Å²) < 4.78 is 5.44. The smallest absolute Gasteiger partial charge is 0.0705 e. The Bertz CT molecular complexity index is 645. The third-order valence-corrected chi connectivity index (χ3v) is 4.82. The fraction of sp³-hybridized carbons (Fsp3) is 0.450. The highest BCUT2D eigenvalue weighted by Crippen LogP contribution is 2.25. The van der Waals surface area contributed by atoms with Gasteiger partial charge in [0, 0.05) is 30.4 Å². The van der Waals surface area contributed by atoms with Gasteiger partial charge in [0.2, 0.25) is 0 Å². The fourth-order valence-electron chi connectivity index (χ4n) is 3.20. The van der Waals surface area contributed by atoms with Gasteiger partial charge in [0.1, 0.15) is 0 Å². The van der Waals surface area contributed by atoms with Crippen LogP contribution in [0, 0.1) is 6.92 Å². The zero-order chi connectivity index (χ0) is 16.2. The molecule has 0 N–H and O–H groups in total. The second-order valence-corrected chi connectivity index (χ2v) is 6.26. The Morgan fingerprint density at radius 3 is 2.43 bits per heavy atom. The Morgan fingerprint density at radius 2 is 1.78 bits per heavy atom. The fourth-order valence-corrected chi connectivity index (χ4v) is 3.20. The molecule has 0 radical (unpaired) electrons. The quantitative estimate of drug-likeness (QED) is 0.853. The molecular weight excluding hydrogens is 284 g/mol. The van der Waals surface area contributed by atoms with Crippen LogP contribution in [0.3, 0.4) is 0 Å². The van der Waals surface area contributed by atoms with Crippen molar-refractivity contribution in [2.75, 3.05) is 26.3 Å². The summed E-state index contributed by atoms with van der Waals surface area (Å²) >= 11 is 0. The summed E-state index contributed by atoms with van der Waals surface area (Å²) in [6, 6.07) is 13.6. The average molecular weight is 310 g/mol. The van der Waals surface area contributed by atoms with Crippen molar-refractivity contribution in [2.45, 2.75) is 33.2 Å². The first kappa shape index (κ1) is 16.2. The molecule has 1 fully saturated rings. The highest BCUT2D eigenvalue weighted by molar-refractivity contribution is 5.60. The molecule has 122 valence electrons. The monoisotopic (exact) mass is 310 g/mol. The van der Waals surface area contributed by atoms with Gasteiger partial charge in [0.25, 0.3) is 0 Å². The van der Waals surface area contributed by atoms with Crippen LogP contribution >= 0.6 is 0 Å². The molecule has 3 heteroatoms. The largest absolute Gasteiger partial charge is 0.379 e. The Morgan fingerprint density at radius 1 is 1.09 bits per heavy atom. The maximum absolute atomic E-state index is 5.44. The van der Waals surface area contributed by atoms with Crippen molar-refractivity contribution in [3.63, 3.8) is 0 Å². The third-order valence-electron chi connectivity index (χ3n) is 4.82. The lowest BCUT2D eigenvalue weighted by atomic mass is 10.0. The Balaban J connectivity index is 1.78. The summed E-state index contributed by atoms with van der Waals surface area (Å²) in [5.41, 5.74) is 6.08. The molecular formula is C20H26N2O. The Labute approximate surface area is 139 Å². The lowest BCUT2D eigenvalue weighted by molar-refractivity contribution is 0.0198. The Hall–Kier alpha value is -1.71. The van der Waals surface area contributed by atoms with E-state index in [-0.39, 0.29) is 0 Å². The minimum atomic E-state index is 0.435. The van der Waals surface area contributed by atoms with E-state index in [0.29, 0.717) is 6.04 Å². The molecule has 0 spiro atoms.